The van der Waals surface area contributed by atoms with Gasteiger partial charge >= 0.3 is 5.69 Å². The average molecular weight is 246 g/mol. The Balaban J connectivity index is 2.27. The largest absolute Gasteiger partial charge is 0.375 e. The number of benzene rings is 1. The Hall–Kier alpha value is -2.13. The maximum Gasteiger partial charge on any atom is 0.309 e. The first-order valence-electron chi connectivity index (χ1n) is 5.74. The van der Waals surface area contributed by atoms with Crippen molar-refractivity contribution in [2.75, 3.05) is 25.5 Å². The van der Waals surface area contributed by atoms with Crippen LogP contribution in [0.1, 0.15) is 12.0 Å². The summed E-state index contributed by atoms with van der Waals surface area (Å²) in [5.41, 5.74) is 0.394. The summed E-state index contributed by atoms with van der Waals surface area (Å²) in [5, 5.41) is 23.1. The highest BCUT2D eigenvalue weighted by Gasteiger charge is 2.24. The molecule has 1 fully saturated rings. The number of nitrogens with zero attached hydrogens (tertiary/aromatic N) is 3. The van der Waals surface area contributed by atoms with Gasteiger partial charge < -0.3 is 10.2 Å². The highest BCUT2D eigenvalue weighted by molar-refractivity contribution is 5.68. The van der Waals surface area contributed by atoms with Gasteiger partial charge in [0.25, 0.3) is 0 Å². The van der Waals surface area contributed by atoms with Crippen LogP contribution in [0.4, 0.5) is 11.4 Å². The van der Waals surface area contributed by atoms with Gasteiger partial charge in [-0.25, -0.2) is 0 Å². The molecular weight excluding hydrogens is 232 g/mol. The topological polar surface area (TPSA) is 82.2 Å². The van der Waals surface area contributed by atoms with Crippen LogP contribution in [0.3, 0.4) is 0 Å². The smallest absolute Gasteiger partial charge is 0.309 e. The van der Waals surface area contributed by atoms with Gasteiger partial charge in [-0.2, -0.15) is 5.26 Å². The Bertz CT molecular complexity index is 509. The number of nitro groups is 1. The second-order valence-electron chi connectivity index (χ2n) is 4.46. The van der Waals surface area contributed by atoms with E-state index in [1.807, 2.05) is 13.1 Å². The van der Waals surface area contributed by atoms with Crippen LogP contribution in [0.25, 0.3) is 0 Å². The number of hydrogen-bond acceptors (Lipinski definition) is 5. The summed E-state index contributed by atoms with van der Waals surface area (Å²) in [7, 11) is 2.02. The summed E-state index contributed by atoms with van der Waals surface area (Å²) < 4.78 is 0. The first kappa shape index (κ1) is 12.3. The second-order valence-corrected chi connectivity index (χ2v) is 4.46. The standard InChI is InChI=1S/C12H14N4O2/c1-15-6-5-10(8-15)14-11-4-2-3-9(7-13)12(11)16(17)18/h2-4,10,14H,5-6,8H2,1H3. The van der Waals surface area contributed by atoms with E-state index in [9.17, 15) is 10.1 Å². The van der Waals surface area contributed by atoms with Crippen LogP contribution in [-0.2, 0) is 0 Å². The van der Waals surface area contributed by atoms with E-state index in [1.54, 1.807) is 12.1 Å². The number of nitro benzene ring substituents is 1. The molecule has 0 radical (unpaired) electrons. The van der Waals surface area contributed by atoms with E-state index < -0.39 is 4.92 Å². The molecule has 1 saturated heterocycles. The van der Waals surface area contributed by atoms with Crippen molar-refractivity contribution in [1.82, 2.24) is 4.90 Å². The molecule has 0 spiro atoms. The summed E-state index contributed by atoms with van der Waals surface area (Å²) >= 11 is 0. The quantitative estimate of drug-likeness (QED) is 0.646. The van der Waals surface area contributed by atoms with E-state index in [0.717, 1.165) is 19.5 Å². The van der Waals surface area contributed by atoms with Crippen molar-refractivity contribution in [1.29, 1.82) is 5.26 Å². The van der Waals surface area contributed by atoms with Gasteiger partial charge in [-0.1, -0.05) is 6.07 Å². The lowest BCUT2D eigenvalue weighted by molar-refractivity contribution is -0.384. The summed E-state index contributed by atoms with van der Waals surface area (Å²) in [6.45, 7) is 1.83. The summed E-state index contributed by atoms with van der Waals surface area (Å²) in [6, 6.07) is 6.83. The third kappa shape index (κ3) is 2.41. The number of nitrogens with one attached hydrogen (secondary N) is 1. The molecule has 1 aliphatic rings. The van der Waals surface area contributed by atoms with Crippen molar-refractivity contribution < 1.29 is 4.92 Å². The van der Waals surface area contributed by atoms with Crippen molar-refractivity contribution in [3.05, 3.63) is 33.9 Å². The number of likely N-dealkylation sites (tertiary alicyclic amines) is 1. The normalized spacial score (nSPS) is 19.4. The molecule has 94 valence electrons. The zero-order chi connectivity index (χ0) is 13.1. The highest BCUT2D eigenvalue weighted by Crippen LogP contribution is 2.29. The highest BCUT2D eigenvalue weighted by atomic mass is 16.6. The van der Waals surface area contributed by atoms with E-state index in [0.29, 0.717) is 5.69 Å². The number of hydrogen-bond donors (Lipinski definition) is 1. The van der Waals surface area contributed by atoms with Crippen LogP contribution in [0.15, 0.2) is 18.2 Å². The van der Waals surface area contributed by atoms with Gasteiger partial charge in [0.1, 0.15) is 17.3 Å². The molecule has 6 heteroatoms. The molecule has 1 N–H and O–H groups in total. The minimum atomic E-state index is -0.500. The van der Waals surface area contributed by atoms with Gasteiger partial charge in [0, 0.05) is 12.6 Å². The summed E-state index contributed by atoms with van der Waals surface area (Å²) in [4.78, 5) is 12.7. The average Bonchev–Trinajstić information content (AvgIpc) is 2.74. The molecule has 2 rings (SSSR count). The van der Waals surface area contributed by atoms with Crippen molar-refractivity contribution in [2.45, 2.75) is 12.5 Å². The van der Waals surface area contributed by atoms with E-state index >= 15 is 0 Å². The van der Waals surface area contributed by atoms with E-state index in [-0.39, 0.29) is 17.3 Å². The fraction of sp³-hybridized carbons (Fsp3) is 0.417. The minimum Gasteiger partial charge on any atom is -0.375 e. The molecule has 0 saturated carbocycles. The van der Waals surface area contributed by atoms with Crippen LogP contribution in [0.5, 0.6) is 0 Å². The Labute approximate surface area is 105 Å². The molecule has 0 amide bonds. The zero-order valence-corrected chi connectivity index (χ0v) is 10.1. The van der Waals surface area contributed by atoms with Crippen LogP contribution < -0.4 is 5.32 Å². The number of rotatable bonds is 3. The lowest BCUT2D eigenvalue weighted by atomic mass is 10.1. The molecule has 1 unspecified atom stereocenters. The second kappa shape index (κ2) is 5.02. The molecule has 18 heavy (non-hydrogen) atoms. The van der Waals surface area contributed by atoms with Gasteiger partial charge in [0.15, 0.2) is 0 Å². The maximum atomic E-state index is 11.0. The fourth-order valence-corrected chi connectivity index (χ4v) is 2.22. The number of para-hydroxylation sites is 1. The van der Waals surface area contributed by atoms with Gasteiger partial charge in [-0.3, -0.25) is 10.1 Å². The molecule has 1 aromatic carbocycles. The zero-order valence-electron chi connectivity index (χ0n) is 10.1. The third-order valence-corrected chi connectivity index (χ3v) is 3.09. The Kier molecular flexibility index (Phi) is 3.44. The predicted molar refractivity (Wildman–Crippen MR) is 67.3 cm³/mol. The van der Waals surface area contributed by atoms with Gasteiger partial charge in [-0.15, -0.1) is 0 Å². The van der Waals surface area contributed by atoms with E-state index in [4.69, 9.17) is 5.26 Å². The molecule has 1 atom stereocenters. The van der Waals surface area contributed by atoms with Crippen LogP contribution in [-0.4, -0.2) is 36.0 Å². The molecule has 1 aliphatic heterocycles. The fourth-order valence-electron chi connectivity index (χ4n) is 2.22. The monoisotopic (exact) mass is 246 g/mol. The van der Waals surface area contributed by atoms with Crippen molar-refractivity contribution in [3.63, 3.8) is 0 Å². The van der Waals surface area contributed by atoms with Crippen molar-refractivity contribution in [3.8, 4) is 6.07 Å². The third-order valence-electron chi connectivity index (χ3n) is 3.09. The number of likely N-dealkylation sites (N-methyl/N-ethyl adjacent to an activating group) is 1. The van der Waals surface area contributed by atoms with E-state index in [2.05, 4.69) is 10.2 Å². The Morgan fingerprint density at radius 1 is 1.61 bits per heavy atom. The Morgan fingerprint density at radius 3 is 2.94 bits per heavy atom. The van der Waals surface area contributed by atoms with Crippen molar-refractivity contribution >= 4 is 11.4 Å². The van der Waals surface area contributed by atoms with Crippen LogP contribution in [0, 0.1) is 21.4 Å². The maximum absolute atomic E-state index is 11.0. The first-order valence-corrected chi connectivity index (χ1v) is 5.74. The summed E-state index contributed by atoms with van der Waals surface area (Å²) in [6.07, 6.45) is 0.949. The number of anilines is 1. The van der Waals surface area contributed by atoms with Crippen LogP contribution >= 0.6 is 0 Å². The molecule has 0 aliphatic carbocycles. The first-order chi connectivity index (χ1) is 8.61. The van der Waals surface area contributed by atoms with Crippen molar-refractivity contribution in [2.24, 2.45) is 0 Å². The summed E-state index contributed by atoms with van der Waals surface area (Å²) in [5.74, 6) is 0. The number of nitriles is 1. The molecule has 0 bridgehead atoms. The molecule has 1 heterocycles. The van der Waals surface area contributed by atoms with Gasteiger partial charge in [0.05, 0.1) is 4.92 Å². The van der Waals surface area contributed by atoms with Gasteiger partial charge in [0.2, 0.25) is 0 Å². The minimum absolute atomic E-state index is 0.0938. The lowest BCUT2D eigenvalue weighted by Crippen LogP contribution is -2.24. The Morgan fingerprint density at radius 2 is 2.39 bits per heavy atom. The molecule has 6 nitrogen and oxygen atoms in total. The predicted octanol–water partition coefficient (Wildman–Crippen LogP) is 1.58. The molecule has 1 aromatic rings. The van der Waals surface area contributed by atoms with Gasteiger partial charge in [-0.05, 0) is 32.1 Å². The molecular formula is C12H14N4O2. The lowest BCUT2D eigenvalue weighted by Gasteiger charge is -2.14. The molecule has 0 aromatic heterocycles. The SMILES string of the molecule is CN1CCC(Nc2cccc(C#N)c2[N+](=O)[O-])C1. The van der Waals surface area contributed by atoms with E-state index in [1.165, 1.54) is 6.07 Å². The van der Waals surface area contributed by atoms with Crippen LogP contribution in [0.2, 0.25) is 0 Å².